The van der Waals surface area contributed by atoms with Crippen LogP contribution in [-0.2, 0) is 10.0 Å². The molecule has 21 heavy (non-hydrogen) atoms. The number of pyridine rings is 1. The van der Waals surface area contributed by atoms with E-state index in [1.165, 1.54) is 6.20 Å². The van der Waals surface area contributed by atoms with Crippen molar-refractivity contribution in [3.05, 3.63) is 18.0 Å². The van der Waals surface area contributed by atoms with Crippen molar-refractivity contribution in [2.24, 2.45) is 5.92 Å². The molecule has 2 aromatic heterocycles. The molecule has 114 valence electrons. The minimum atomic E-state index is -3.49. The fourth-order valence-electron chi connectivity index (χ4n) is 2.79. The van der Waals surface area contributed by atoms with Crippen molar-refractivity contribution < 1.29 is 12.9 Å². The summed E-state index contributed by atoms with van der Waals surface area (Å²) < 4.78 is 32.1. The van der Waals surface area contributed by atoms with E-state index in [2.05, 4.69) is 17.1 Å². The summed E-state index contributed by atoms with van der Waals surface area (Å²) in [5.41, 5.74) is 1.02. The van der Waals surface area contributed by atoms with Crippen LogP contribution in [0.3, 0.4) is 0 Å². The van der Waals surface area contributed by atoms with Crippen molar-refractivity contribution in [3.8, 4) is 0 Å². The molecule has 0 aliphatic carbocycles. The molecule has 0 bridgehead atoms. The monoisotopic (exact) mass is 309 g/mol. The lowest BCUT2D eigenvalue weighted by molar-refractivity contribution is 0.261. The molecule has 1 aliphatic heterocycles. The van der Waals surface area contributed by atoms with Gasteiger partial charge in [-0.05, 0) is 31.7 Å². The second-order valence-corrected chi connectivity index (χ2v) is 7.51. The van der Waals surface area contributed by atoms with E-state index in [-0.39, 0.29) is 4.90 Å². The van der Waals surface area contributed by atoms with Crippen molar-refractivity contribution in [3.63, 3.8) is 0 Å². The van der Waals surface area contributed by atoms with Crippen LogP contribution in [0.25, 0.3) is 11.1 Å². The molecule has 1 saturated heterocycles. The van der Waals surface area contributed by atoms with Crippen molar-refractivity contribution in [1.82, 2.24) is 14.4 Å². The summed E-state index contributed by atoms with van der Waals surface area (Å²) in [6.07, 6.45) is 4.39. The van der Waals surface area contributed by atoms with Crippen LogP contribution in [0.15, 0.2) is 21.7 Å². The second kappa shape index (κ2) is 5.38. The largest absolute Gasteiger partial charge is 0.336 e. The second-order valence-electron chi connectivity index (χ2n) is 5.57. The summed E-state index contributed by atoms with van der Waals surface area (Å²) in [7, 11) is -3.49. The molecule has 1 fully saturated rings. The number of aryl methyl sites for hydroxylation is 1. The lowest BCUT2D eigenvalue weighted by Crippen LogP contribution is -2.39. The molecule has 0 radical (unpaired) electrons. The third-order valence-electron chi connectivity index (χ3n) is 4.18. The Balaban J connectivity index is 1.97. The van der Waals surface area contributed by atoms with Crippen LogP contribution in [0, 0.1) is 12.8 Å². The van der Waals surface area contributed by atoms with Gasteiger partial charge in [0.1, 0.15) is 4.90 Å². The summed E-state index contributed by atoms with van der Waals surface area (Å²) in [6.45, 7) is 5.06. The van der Waals surface area contributed by atoms with Gasteiger partial charge in [-0.3, -0.25) is 0 Å². The van der Waals surface area contributed by atoms with Crippen LogP contribution in [0.1, 0.15) is 31.9 Å². The molecule has 0 N–H and O–H groups in total. The van der Waals surface area contributed by atoms with Gasteiger partial charge in [0.15, 0.2) is 0 Å². The molecule has 2 aromatic rings. The predicted molar refractivity (Wildman–Crippen MR) is 78.3 cm³/mol. The molecule has 0 saturated carbocycles. The Morgan fingerprint density at radius 1 is 1.48 bits per heavy atom. The van der Waals surface area contributed by atoms with Crippen LogP contribution in [0.5, 0.6) is 0 Å². The van der Waals surface area contributed by atoms with Gasteiger partial charge in [-0.1, -0.05) is 18.5 Å². The third-order valence-corrected chi connectivity index (χ3v) is 6.01. The highest BCUT2D eigenvalue weighted by Gasteiger charge is 2.30. The lowest BCUT2D eigenvalue weighted by Gasteiger charge is -2.31. The summed E-state index contributed by atoms with van der Waals surface area (Å²) in [6, 6.07) is 1.61. The minimum Gasteiger partial charge on any atom is -0.336 e. The zero-order valence-corrected chi connectivity index (χ0v) is 13.1. The van der Waals surface area contributed by atoms with Gasteiger partial charge in [-0.2, -0.15) is 4.31 Å². The van der Waals surface area contributed by atoms with E-state index in [9.17, 15) is 8.42 Å². The van der Waals surface area contributed by atoms with Crippen LogP contribution >= 0.6 is 0 Å². The summed E-state index contributed by atoms with van der Waals surface area (Å²) in [4.78, 5) is 4.29. The average Bonchev–Trinajstić information content (AvgIpc) is 2.88. The fraction of sp³-hybridized carbons (Fsp3) is 0.571. The first-order valence-corrected chi connectivity index (χ1v) is 8.68. The number of rotatable bonds is 3. The first-order valence-electron chi connectivity index (χ1n) is 7.24. The zero-order chi connectivity index (χ0) is 15.0. The van der Waals surface area contributed by atoms with Crippen molar-refractivity contribution >= 4 is 21.1 Å². The van der Waals surface area contributed by atoms with Crippen LogP contribution in [0.2, 0.25) is 0 Å². The van der Waals surface area contributed by atoms with E-state index in [0.717, 1.165) is 19.3 Å². The Hall–Kier alpha value is -1.47. The Bertz CT molecular complexity index is 754. The summed E-state index contributed by atoms with van der Waals surface area (Å²) in [5.74, 6) is 0.447. The summed E-state index contributed by atoms with van der Waals surface area (Å²) >= 11 is 0. The predicted octanol–water partition coefficient (Wildman–Crippen LogP) is 2.34. The fourth-order valence-corrected chi connectivity index (χ4v) is 4.32. The number of hydrogen-bond acceptors (Lipinski definition) is 5. The quantitative estimate of drug-likeness (QED) is 0.869. The standard InChI is InChI=1S/C14H19N3O3S/c1-3-11-5-4-6-17(9-11)21(18,19)12-7-13-10(2)16-20-14(13)15-8-12/h7-8,11H,3-6,9H2,1-2H3. The zero-order valence-electron chi connectivity index (χ0n) is 12.2. The number of piperidine rings is 1. The molecule has 1 unspecified atom stereocenters. The average molecular weight is 309 g/mol. The van der Waals surface area contributed by atoms with Gasteiger partial charge in [0.25, 0.3) is 5.71 Å². The van der Waals surface area contributed by atoms with E-state index < -0.39 is 10.0 Å². The van der Waals surface area contributed by atoms with E-state index >= 15 is 0 Å². The van der Waals surface area contributed by atoms with Crippen molar-refractivity contribution in [2.45, 2.75) is 38.0 Å². The highest BCUT2D eigenvalue weighted by Crippen LogP contribution is 2.27. The van der Waals surface area contributed by atoms with Gasteiger partial charge in [0.05, 0.1) is 17.3 Å². The van der Waals surface area contributed by atoms with Crippen LogP contribution in [0.4, 0.5) is 0 Å². The first kappa shape index (κ1) is 14.5. The Morgan fingerprint density at radius 3 is 3.05 bits per heavy atom. The molecule has 6 nitrogen and oxygen atoms in total. The number of sulfonamides is 1. The first-order chi connectivity index (χ1) is 10.0. The minimum absolute atomic E-state index is 0.220. The van der Waals surface area contributed by atoms with Crippen LogP contribution in [-0.4, -0.2) is 36.0 Å². The van der Waals surface area contributed by atoms with Crippen molar-refractivity contribution in [1.29, 1.82) is 0 Å². The molecular weight excluding hydrogens is 290 g/mol. The third kappa shape index (κ3) is 2.55. The van der Waals surface area contributed by atoms with Crippen LogP contribution < -0.4 is 0 Å². The molecular formula is C14H19N3O3S. The topological polar surface area (TPSA) is 76.3 Å². The number of aromatic nitrogens is 2. The van der Waals surface area contributed by atoms with Gasteiger partial charge < -0.3 is 4.52 Å². The molecule has 3 rings (SSSR count). The van der Waals surface area contributed by atoms with Gasteiger partial charge in [-0.15, -0.1) is 0 Å². The number of hydrogen-bond donors (Lipinski definition) is 0. The molecule has 0 aromatic carbocycles. The highest BCUT2D eigenvalue weighted by molar-refractivity contribution is 7.89. The van der Waals surface area contributed by atoms with Gasteiger partial charge >= 0.3 is 0 Å². The smallest absolute Gasteiger partial charge is 0.257 e. The Kier molecular flexibility index (Phi) is 3.71. The molecule has 7 heteroatoms. The van der Waals surface area contributed by atoms with Gasteiger partial charge in [0.2, 0.25) is 10.0 Å². The Labute approximate surface area is 124 Å². The molecule has 0 spiro atoms. The van der Waals surface area contributed by atoms with E-state index in [0.29, 0.717) is 35.8 Å². The maximum Gasteiger partial charge on any atom is 0.257 e. The molecule has 0 amide bonds. The maximum absolute atomic E-state index is 12.8. The molecule has 1 aliphatic rings. The molecule has 1 atom stereocenters. The summed E-state index contributed by atoms with van der Waals surface area (Å²) in [5, 5.41) is 4.46. The van der Waals surface area contributed by atoms with Gasteiger partial charge in [-0.25, -0.2) is 13.4 Å². The number of nitrogens with zero attached hydrogens (tertiary/aromatic N) is 3. The highest BCUT2D eigenvalue weighted by atomic mass is 32.2. The SMILES string of the molecule is CCC1CCCN(S(=O)(=O)c2cnc3onc(C)c3c2)C1. The van der Waals surface area contributed by atoms with Crippen molar-refractivity contribution in [2.75, 3.05) is 13.1 Å². The number of fused-ring (bicyclic) bond motifs is 1. The van der Waals surface area contributed by atoms with E-state index in [4.69, 9.17) is 4.52 Å². The van der Waals surface area contributed by atoms with E-state index in [1.54, 1.807) is 17.3 Å². The Morgan fingerprint density at radius 2 is 2.29 bits per heavy atom. The normalized spacial score (nSPS) is 21.0. The maximum atomic E-state index is 12.8. The van der Waals surface area contributed by atoms with E-state index in [1.807, 2.05) is 0 Å². The molecule has 3 heterocycles. The lowest BCUT2D eigenvalue weighted by atomic mass is 9.97. The van der Waals surface area contributed by atoms with Gasteiger partial charge in [0, 0.05) is 13.1 Å².